The van der Waals surface area contributed by atoms with Crippen LogP contribution < -0.4 is 5.32 Å². The highest BCUT2D eigenvalue weighted by molar-refractivity contribution is 5.90. The highest BCUT2D eigenvalue weighted by atomic mass is 16.4. The predicted molar refractivity (Wildman–Crippen MR) is 76.4 cm³/mol. The standard InChI is InChI=1S/C15H24N2O4/c1-9-7-10(11(8-9)15(20)21)14(19)17-6-4-3-5-12(17)13(18)16-2/h9-12H,3-8H2,1-2H3,(H,16,18)(H,20,21). The molecule has 2 aliphatic rings. The van der Waals surface area contributed by atoms with Gasteiger partial charge in [0, 0.05) is 13.6 Å². The Morgan fingerprint density at radius 3 is 2.43 bits per heavy atom. The smallest absolute Gasteiger partial charge is 0.307 e. The zero-order valence-corrected chi connectivity index (χ0v) is 12.7. The van der Waals surface area contributed by atoms with Gasteiger partial charge in [0.2, 0.25) is 11.8 Å². The second-order valence-corrected chi connectivity index (χ2v) is 6.29. The van der Waals surface area contributed by atoms with Crippen molar-refractivity contribution in [3.05, 3.63) is 0 Å². The summed E-state index contributed by atoms with van der Waals surface area (Å²) in [6.45, 7) is 2.53. The maximum absolute atomic E-state index is 12.8. The first-order chi connectivity index (χ1) is 9.95. The zero-order chi connectivity index (χ0) is 15.6. The summed E-state index contributed by atoms with van der Waals surface area (Å²) >= 11 is 0. The number of rotatable bonds is 3. The molecule has 0 aromatic rings. The Bertz CT molecular complexity index is 437. The number of carboxylic acid groups (broad SMARTS) is 1. The van der Waals surface area contributed by atoms with Gasteiger partial charge in [-0.2, -0.15) is 0 Å². The Morgan fingerprint density at radius 2 is 1.81 bits per heavy atom. The highest BCUT2D eigenvalue weighted by Crippen LogP contribution is 2.38. The summed E-state index contributed by atoms with van der Waals surface area (Å²) in [5.41, 5.74) is 0. The molecule has 118 valence electrons. The molecule has 0 radical (unpaired) electrons. The van der Waals surface area contributed by atoms with Gasteiger partial charge in [0.05, 0.1) is 11.8 Å². The van der Waals surface area contributed by atoms with Crippen LogP contribution >= 0.6 is 0 Å². The SMILES string of the molecule is CNC(=O)C1CCCCN1C(=O)C1CC(C)CC1C(=O)O. The van der Waals surface area contributed by atoms with Crippen LogP contribution in [-0.4, -0.2) is 47.4 Å². The molecule has 0 spiro atoms. The van der Waals surface area contributed by atoms with Crippen molar-refractivity contribution in [3.63, 3.8) is 0 Å². The van der Waals surface area contributed by atoms with Gasteiger partial charge in [0.15, 0.2) is 0 Å². The highest BCUT2D eigenvalue weighted by Gasteiger charge is 2.45. The second-order valence-electron chi connectivity index (χ2n) is 6.29. The average molecular weight is 296 g/mol. The van der Waals surface area contributed by atoms with Crippen LogP contribution in [0.5, 0.6) is 0 Å². The second kappa shape index (κ2) is 6.45. The van der Waals surface area contributed by atoms with Gasteiger partial charge >= 0.3 is 5.97 Å². The topological polar surface area (TPSA) is 86.7 Å². The summed E-state index contributed by atoms with van der Waals surface area (Å²) in [6, 6.07) is -0.443. The Kier molecular flexibility index (Phi) is 4.85. The molecule has 1 saturated carbocycles. The van der Waals surface area contributed by atoms with Crippen LogP contribution in [-0.2, 0) is 14.4 Å². The van der Waals surface area contributed by atoms with Gasteiger partial charge in [-0.3, -0.25) is 14.4 Å². The van der Waals surface area contributed by atoms with Crippen molar-refractivity contribution >= 4 is 17.8 Å². The van der Waals surface area contributed by atoms with E-state index in [9.17, 15) is 19.5 Å². The van der Waals surface area contributed by atoms with Crippen LogP contribution in [0.3, 0.4) is 0 Å². The number of carbonyl (C=O) groups is 3. The summed E-state index contributed by atoms with van der Waals surface area (Å²) in [5, 5.41) is 11.9. The van der Waals surface area contributed by atoms with Crippen LogP contribution in [0.25, 0.3) is 0 Å². The molecule has 21 heavy (non-hydrogen) atoms. The van der Waals surface area contributed by atoms with Gasteiger partial charge in [-0.15, -0.1) is 0 Å². The summed E-state index contributed by atoms with van der Waals surface area (Å²) in [5.74, 6) is -2.06. The fourth-order valence-electron chi connectivity index (χ4n) is 3.69. The normalized spacial score (nSPS) is 32.8. The molecule has 2 fully saturated rings. The molecular formula is C15H24N2O4. The molecule has 0 bridgehead atoms. The van der Waals surface area contributed by atoms with Crippen molar-refractivity contribution < 1.29 is 19.5 Å². The minimum Gasteiger partial charge on any atom is -0.481 e. The molecule has 4 atom stereocenters. The Balaban J connectivity index is 2.16. The third kappa shape index (κ3) is 3.19. The van der Waals surface area contributed by atoms with E-state index in [-0.39, 0.29) is 17.7 Å². The van der Waals surface area contributed by atoms with Gasteiger partial charge < -0.3 is 15.3 Å². The van der Waals surface area contributed by atoms with Crippen LogP contribution in [0, 0.1) is 17.8 Å². The van der Waals surface area contributed by atoms with E-state index in [0.29, 0.717) is 25.8 Å². The fraction of sp³-hybridized carbons (Fsp3) is 0.800. The van der Waals surface area contributed by atoms with E-state index >= 15 is 0 Å². The van der Waals surface area contributed by atoms with Crippen LogP contribution in [0.4, 0.5) is 0 Å². The maximum Gasteiger partial charge on any atom is 0.307 e. The molecule has 2 amide bonds. The molecule has 1 aliphatic carbocycles. The maximum atomic E-state index is 12.8. The summed E-state index contributed by atoms with van der Waals surface area (Å²) < 4.78 is 0. The minimum absolute atomic E-state index is 0.152. The van der Waals surface area contributed by atoms with E-state index in [2.05, 4.69) is 5.32 Å². The number of likely N-dealkylation sites (N-methyl/N-ethyl adjacent to an activating group) is 1. The predicted octanol–water partition coefficient (Wildman–Crippen LogP) is 0.860. The molecule has 1 aliphatic heterocycles. The number of hydrogen-bond donors (Lipinski definition) is 2. The molecule has 2 rings (SSSR count). The number of carboxylic acids is 1. The first kappa shape index (κ1) is 15.8. The van der Waals surface area contributed by atoms with Gasteiger partial charge in [-0.1, -0.05) is 6.92 Å². The lowest BCUT2D eigenvalue weighted by molar-refractivity contribution is -0.152. The van der Waals surface area contributed by atoms with Crippen LogP contribution in [0.15, 0.2) is 0 Å². The van der Waals surface area contributed by atoms with Crippen molar-refractivity contribution in [1.29, 1.82) is 0 Å². The van der Waals surface area contributed by atoms with E-state index in [0.717, 1.165) is 12.8 Å². The number of aliphatic carboxylic acids is 1. The number of nitrogens with zero attached hydrogens (tertiary/aromatic N) is 1. The van der Waals surface area contributed by atoms with E-state index in [4.69, 9.17) is 0 Å². The molecular weight excluding hydrogens is 272 g/mol. The molecule has 0 aromatic carbocycles. The Morgan fingerprint density at radius 1 is 1.14 bits per heavy atom. The molecule has 2 N–H and O–H groups in total. The number of amides is 2. The summed E-state index contributed by atoms with van der Waals surface area (Å²) in [6.07, 6.45) is 3.60. The molecule has 1 heterocycles. The quantitative estimate of drug-likeness (QED) is 0.808. The van der Waals surface area contributed by atoms with Crippen molar-refractivity contribution in [2.24, 2.45) is 17.8 Å². The minimum atomic E-state index is -0.897. The molecule has 1 saturated heterocycles. The molecule has 6 nitrogen and oxygen atoms in total. The van der Waals surface area contributed by atoms with Crippen molar-refractivity contribution in [2.45, 2.75) is 45.1 Å². The number of hydrogen-bond acceptors (Lipinski definition) is 3. The third-order valence-corrected chi connectivity index (χ3v) is 4.77. The number of piperidine rings is 1. The van der Waals surface area contributed by atoms with E-state index in [1.165, 1.54) is 0 Å². The largest absolute Gasteiger partial charge is 0.481 e. The van der Waals surface area contributed by atoms with Gasteiger partial charge in [-0.05, 0) is 38.0 Å². The number of likely N-dealkylation sites (tertiary alicyclic amines) is 1. The average Bonchev–Trinajstić information content (AvgIpc) is 2.88. The lowest BCUT2D eigenvalue weighted by atomic mass is 9.92. The molecule has 6 heteroatoms. The Hall–Kier alpha value is -1.59. The zero-order valence-electron chi connectivity index (χ0n) is 12.7. The van der Waals surface area contributed by atoms with E-state index in [1.54, 1.807) is 11.9 Å². The molecule has 0 aromatic heterocycles. The lowest BCUT2D eigenvalue weighted by Crippen LogP contribution is -2.53. The summed E-state index contributed by atoms with van der Waals surface area (Å²) in [4.78, 5) is 37.7. The Labute approximate surface area is 124 Å². The van der Waals surface area contributed by atoms with Crippen molar-refractivity contribution in [2.75, 3.05) is 13.6 Å². The van der Waals surface area contributed by atoms with Gasteiger partial charge in [0.1, 0.15) is 6.04 Å². The third-order valence-electron chi connectivity index (χ3n) is 4.77. The fourth-order valence-corrected chi connectivity index (χ4v) is 3.69. The van der Waals surface area contributed by atoms with Crippen molar-refractivity contribution in [1.82, 2.24) is 10.2 Å². The van der Waals surface area contributed by atoms with Gasteiger partial charge in [0.25, 0.3) is 0 Å². The van der Waals surface area contributed by atoms with Gasteiger partial charge in [-0.25, -0.2) is 0 Å². The molecule has 4 unspecified atom stereocenters. The van der Waals surface area contributed by atoms with Crippen LogP contribution in [0.2, 0.25) is 0 Å². The monoisotopic (exact) mass is 296 g/mol. The lowest BCUT2D eigenvalue weighted by Gasteiger charge is -2.36. The van der Waals surface area contributed by atoms with Crippen molar-refractivity contribution in [3.8, 4) is 0 Å². The van der Waals surface area contributed by atoms with Crippen LogP contribution in [0.1, 0.15) is 39.0 Å². The van der Waals surface area contributed by atoms with E-state index in [1.807, 2.05) is 6.92 Å². The first-order valence-corrected chi connectivity index (χ1v) is 7.70. The first-order valence-electron chi connectivity index (χ1n) is 7.70. The number of nitrogens with one attached hydrogen (secondary N) is 1. The number of carbonyl (C=O) groups excluding carboxylic acids is 2. The summed E-state index contributed by atoms with van der Waals surface area (Å²) in [7, 11) is 1.57. The van der Waals surface area contributed by atoms with E-state index < -0.39 is 23.8 Å².